The highest BCUT2D eigenvalue weighted by atomic mass is 35.5. The average Bonchev–Trinajstić information content (AvgIpc) is 2.21. The second kappa shape index (κ2) is 5.74. The van der Waals surface area contributed by atoms with Crippen molar-refractivity contribution in [1.29, 1.82) is 0 Å². The Morgan fingerprint density at radius 2 is 2.00 bits per heavy atom. The fraction of sp³-hybridized carbons (Fsp3) is 0.500. The van der Waals surface area contributed by atoms with E-state index in [9.17, 15) is 8.42 Å². The average molecular weight is 276 g/mol. The van der Waals surface area contributed by atoms with Crippen LogP contribution >= 0.6 is 11.6 Å². The van der Waals surface area contributed by atoms with E-state index < -0.39 is 9.84 Å². The minimum absolute atomic E-state index is 0.0781. The van der Waals surface area contributed by atoms with Gasteiger partial charge < -0.3 is 5.73 Å². The van der Waals surface area contributed by atoms with Crippen molar-refractivity contribution in [3.63, 3.8) is 0 Å². The van der Waals surface area contributed by atoms with Gasteiger partial charge in [0.25, 0.3) is 0 Å². The summed E-state index contributed by atoms with van der Waals surface area (Å²) in [4.78, 5) is 0. The third kappa shape index (κ3) is 4.56. The lowest BCUT2D eigenvalue weighted by Gasteiger charge is -2.10. The van der Waals surface area contributed by atoms with Crippen molar-refractivity contribution in [2.45, 2.75) is 26.0 Å². The van der Waals surface area contributed by atoms with E-state index in [1.807, 2.05) is 13.8 Å². The molecule has 0 aromatic heterocycles. The molecule has 0 fully saturated rings. The first-order valence-electron chi connectivity index (χ1n) is 5.55. The molecule has 96 valence electrons. The van der Waals surface area contributed by atoms with Gasteiger partial charge in [0.05, 0.1) is 11.5 Å². The molecular formula is C12H18ClNO2S. The number of rotatable bonds is 5. The number of anilines is 1. The highest BCUT2D eigenvalue weighted by Crippen LogP contribution is 2.24. The number of nitrogen functional groups attached to an aromatic ring is 1. The number of hydrogen-bond acceptors (Lipinski definition) is 3. The van der Waals surface area contributed by atoms with Crippen LogP contribution in [0.15, 0.2) is 18.2 Å². The molecule has 1 rings (SSSR count). The van der Waals surface area contributed by atoms with Gasteiger partial charge in [-0.1, -0.05) is 31.5 Å². The summed E-state index contributed by atoms with van der Waals surface area (Å²) in [5, 5.41) is 0.415. The second-order valence-corrected chi connectivity index (χ2v) is 7.17. The third-order valence-electron chi connectivity index (χ3n) is 2.53. The van der Waals surface area contributed by atoms with E-state index in [-0.39, 0.29) is 11.5 Å². The van der Waals surface area contributed by atoms with Crippen LogP contribution in [0, 0.1) is 5.92 Å². The molecule has 0 unspecified atom stereocenters. The van der Waals surface area contributed by atoms with Gasteiger partial charge in [-0.25, -0.2) is 8.42 Å². The molecule has 0 bridgehead atoms. The summed E-state index contributed by atoms with van der Waals surface area (Å²) in [5.41, 5.74) is 6.68. The molecule has 1 aromatic carbocycles. The van der Waals surface area contributed by atoms with E-state index in [0.717, 1.165) is 0 Å². The normalized spacial score (nSPS) is 12.0. The molecule has 17 heavy (non-hydrogen) atoms. The Morgan fingerprint density at radius 1 is 1.35 bits per heavy atom. The molecule has 0 amide bonds. The van der Waals surface area contributed by atoms with Gasteiger partial charge in [0.1, 0.15) is 0 Å². The number of halogens is 1. The predicted molar refractivity (Wildman–Crippen MR) is 72.8 cm³/mol. The van der Waals surface area contributed by atoms with E-state index in [0.29, 0.717) is 28.6 Å². The van der Waals surface area contributed by atoms with Gasteiger partial charge >= 0.3 is 0 Å². The predicted octanol–water partition coefficient (Wildman–Crippen LogP) is 2.88. The molecule has 1 aromatic rings. The lowest BCUT2D eigenvalue weighted by Crippen LogP contribution is -2.12. The SMILES string of the molecule is CC(C)CCS(=O)(=O)Cc1c(N)cccc1Cl. The summed E-state index contributed by atoms with van der Waals surface area (Å²) in [6.45, 7) is 4.00. The summed E-state index contributed by atoms with van der Waals surface area (Å²) in [6, 6.07) is 5.03. The Hall–Kier alpha value is -0.740. The van der Waals surface area contributed by atoms with E-state index in [1.165, 1.54) is 0 Å². The quantitative estimate of drug-likeness (QED) is 0.841. The molecule has 0 spiro atoms. The van der Waals surface area contributed by atoms with E-state index in [2.05, 4.69) is 0 Å². The monoisotopic (exact) mass is 275 g/mol. The first kappa shape index (κ1) is 14.3. The van der Waals surface area contributed by atoms with Crippen LogP contribution < -0.4 is 5.73 Å². The topological polar surface area (TPSA) is 60.2 Å². The minimum atomic E-state index is -3.14. The van der Waals surface area contributed by atoms with Crippen molar-refractivity contribution < 1.29 is 8.42 Å². The second-order valence-electron chi connectivity index (χ2n) is 4.58. The highest BCUT2D eigenvalue weighted by molar-refractivity contribution is 7.90. The van der Waals surface area contributed by atoms with E-state index in [4.69, 9.17) is 17.3 Å². The molecule has 0 radical (unpaired) electrons. The van der Waals surface area contributed by atoms with Crippen molar-refractivity contribution >= 4 is 27.1 Å². The molecular weight excluding hydrogens is 258 g/mol. The maximum atomic E-state index is 11.9. The molecule has 0 saturated heterocycles. The Labute approximate surface area is 108 Å². The number of hydrogen-bond donors (Lipinski definition) is 1. The Kier molecular flexibility index (Phi) is 4.83. The number of sulfone groups is 1. The first-order chi connectivity index (χ1) is 7.82. The van der Waals surface area contributed by atoms with Gasteiger partial charge in [0.15, 0.2) is 9.84 Å². The maximum Gasteiger partial charge on any atom is 0.154 e. The van der Waals surface area contributed by atoms with Gasteiger partial charge in [-0.15, -0.1) is 0 Å². The van der Waals surface area contributed by atoms with Crippen LogP contribution in [-0.2, 0) is 15.6 Å². The number of benzene rings is 1. The molecule has 2 N–H and O–H groups in total. The lowest BCUT2D eigenvalue weighted by molar-refractivity contribution is 0.573. The maximum absolute atomic E-state index is 11.9. The summed E-state index contributed by atoms with van der Waals surface area (Å²) in [5.74, 6) is 0.467. The van der Waals surface area contributed by atoms with Crippen LogP contribution in [0.5, 0.6) is 0 Å². The van der Waals surface area contributed by atoms with Crippen LogP contribution in [0.25, 0.3) is 0 Å². The minimum Gasteiger partial charge on any atom is -0.398 e. The Balaban J connectivity index is 2.83. The van der Waals surface area contributed by atoms with Gasteiger partial charge in [-0.2, -0.15) is 0 Å². The standard InChI is InChI=1S/C12H18ClNO2S/c1-9(2)6-7-17(15,16)8-10-11(13)4-3-5-12(10)14/h3-5,9H,6-8,14H2,1-2H3. The van der Waals surface area contributed by atoms with Crippen molar-refractivity contribution in [3.8, 4) is 0 Å². The summed E-state index contributed by atoms with van der Waals surface area (Å²) < 4.78 is 23.8. The van der Waals surface area contributed by atoms with E-state index in [1.54, 1.807) is 18.2 Å². The molecule has 0 aliphatic heterocycles. The van der Waals surface area contributed by atoms with Gasteiger partial charge in [-0.05, 0) is 24.5 Å². The molecule has 3 nitrogen and oxygen atoms in total. The molecule has 0 atom stereocenters. The zero-order valence-electron chi connectivity index (χ0n) is 10.1. The van der Waals surface area contributed by atoms with Gasteiger partial charge in [-0.3, -0.25) is 0 Å². The first-order valence-corrected chi connectivity index (χ1v) is 7.75. The molecule has 5 heteroatoms. The van der Waals surface area contributed by atoms with Gasteiger partial charge in [0.2, 0.25) is 0 Å². The molecule has 0 aliphatic rings. The Morgan fingerprint density at radius 3 is 2.53 bits per heavy atom. The fourth-order valence-electron chi connectivity index (χ4n) is 1.43. The summed E-state index contributed by atoms with van der Waals surface area (Å²) >= 11 is 5.95. The summed E-state index contributed by atoms with van der Waals surface area (Å²) in [7, 11) is -3.14. The largest absolute Gasteiger partial charge is 0.398 e. The van der Waals surface area contributed by atoms with Crippen LogP contribution in [-0.4, -0.2) is 14.2 Å². The van der Waals surface area contributed by atoms with Crippen LogP contribution in [0.3, 0.4) is 0 Å². The number of nitrogens with two attached hydrogens (primary N) is 1. The third-order valence-corrected chi connectivity index (χ3v) is 4.47. The Bertz CT molecular complexity index is 463. The van der Waals surface area contributed by atoms with Gasteiger partial charge in [0, 0.05) is 16.3 Å². The highest BCUT2D eigenvalue weighted by Gasteiger charge is 2.16. The lowest BCUT2D eigenvalue weighted by atomic mass is 10.2. The molecule has 0 aliphatic carbocycles. The zero-order chi connectivity index (χ0) is 13.1. The van der Waals surface area contributed by atoms with E-state index >= 15 is 0 Å². The molecule has 0 heterocycles. The smallest absolute Gasteiger partial charge is 0.154 e. The van der Waals surface area contributed by atoms with Crippen LogP contribution in [0.4, 0.5) is 5.69 Å². The van der Waals surface area contributed by atoms with Crippen molar-refractivity contribution in [2.24, 2.45) is 5.92 Å². The van der Waals surface area contributed by atoms with Crippen LogP contribution in [0.1, 0.15) is 25.8 Å². The van der Waals surface area contributed by atoms with Crippen molar-refractivity contribution in [2.75, 3.05) is 11.5 Å². The van der Waals surface area contributed by atoms with Crippen molar-refractivity contribution in [1.82, 2.24) is 0 Å². The summed E-state index contributed by atoms with van der Waals surface area (Å²) in [6.07, 6.45) is 0.659. The van der Waals surface area contributed by atoms with Crippen molar-refractivity contribution in [3.05, 3.63) is 28.8 Å². The fourth-order valence-corrected chi connectivity index (χ4v) is 3.50. The van der Waals surface area contributed by atoms with Crippen LogP contribution in [0.2, 0.25) is 5.02 Å². The molecule has 0 saturated carbocycles. The zero-order valence-corrected chi connectivity index (χ0v) is 11.7.